The van der Waals surface area contributed by atoms with Gasteiger partial charge in [0.15, 0.2) is 11.5 Å². The number of hydrogen-bond donors (Lipinski definition) is 3. The maximum atomic E-state index is 14.3. The summed E-state index contributed by atoms with van der Waals surface area (Å²) >= 11 is 0. The van der Waals surface area contributed by atoms with Crippen molar-refractivity contribution in [1.29, 1.82) is 0 Å². The molecule has 0 bridgehead atoms. The first-order chi connectivity index (χ1) is 14.4. The lowest BCUT2D eigenvalue weighted by molar-refractivity contribution is 0.291. The van der Waals surface area contributed by atoms with Gasteiger partial charge in [-0.3, -0.25) is 0 Å². The van der Waals surface area contributed by atoms with Crippen molar-refractivity contribution in [3.63, 3.8) is 0 Å². The Morgan fingerprint density at radius 3 is 2.70 bits per heavy atom. The van der Waals surface area contributed by atoms with Crippen molar-refractivity contribution < 1.29 is 19.0 Å². The fraction of sp³-hybridized carbons (Fsp3) is 0.364. The molecule has 7 nitrogen and oxygen atoms in total. The van der Waals surface area contributed by atoms with Crippen LogP contribution in [-0.4, -0.2) is 41.9 Å². The number of halogens is 1. The van der Waals surface area contributed by atoms with Gasteiger partial charge in [-0.05, 0) is 37.6 Å². The second-order valence-corrected chi connectivity index (χ2v) is 7.38. The predicted molar refractivity (Wildman–Crippen MR) is 115 cm³/mol. The van der Waals surface area contributed by atoms with E-state index in [4.69, 9.17) is 9.47 Å². The molecular formula is C22H27FN4O3. The Kier molecular flexibility index (Phi) is 6.89. The fourth-order valence-corrected chi connectivity index (χ4v) is 3.00. The van der Waals surface area contributed by atoms with E-state index >= 15 is 0 Å². The second-order valence-electron chi connectivity index (χ2n) is 7.38. The van der Waals surface area contributed by atoms with E-state index in [1.54, 1.807) is 26.2 Å². The SMILES string of the molecule is COc1cc2c(Nc3c(F)ccc(O)c3C)ncnc2cc1OCCNCC(C)C. The van der Waals surface area contributed by atoms with E-state index < -0.39 is 5.82 Å². The molecule has 0 aliphatic heterocycles. The molecule has 0 amide bonds. The Balaban J connectivity index is 1.87. The number of benzene rings is 2. The van der Waals surface area contributed by atoms with Gasteiger partial charge in [-0.2, -0.15) is 0 Å². The number of fused-ring (bicyclic) bond motifs is 1. The van der Waals surface area contributed by atoms with Gasteiger partial charge in [0, 0.05) is 23.6 Å². The maximum absolute atomic E-state index is 14.3. The molecule has 30 heavy (non-hydrogen) atoms. The van der Waals surface area contributed by atoms with Gasteiger partial charge in [-0.15, -0.1) is 0 Å². The Bertz CT molecular complexity index is 1030. The number of methoxy groups -OCH3 is 1. The van der Waals surface area contributed by atoms with Crippen molar-refractivity contribution in [2.24, 2.45) is 5.92 Å². The van der Waals surface area contributed by atoms with E-state index in [9.17, 15) is 9.50 Å². The van der Waals surface area contributed by atoms with Crippen LogP contribution in [0.25, 0.3) is 10.9 Å². The maximum Gasteiger partial charge on any atom is 0.163 e. The highest BCUT2D eigenvalue weighted by atomic mass is 19.1. The summed E-state index contributed by atoms with van der Waals surface area (Å²) in [6.45, 7) is 8.05. The molecule has 0 aliphatic carbocycles. The van der Waals surface area contributed by atoms with Crippen LogP contribution in [0.3, 0.4) is 0 Å². The zero-order valence-corrected chi connectivity index (χ0v) is 17.6. The minimum atomic E-state index is -0.488. The average Bonchev–Trinajstić information content (AvgIpc) is 2.73. The van der Waals surface area contributed by atoms with Gasteiger partial charge in [-0.1, -0.05) is 13.8 Å². The molecule has 0 saturated heterocycles. The third kappa shape index (κ3) is 4.88. The molecule has 0 unspecified atom stereocenters. The summed E-state index contributed by atoms with van der Waals surface area (Å²) in [5.41, 5.74) is 1.17. The van der Waals surface area contributed by atoms with Crippen LogP contribution in [-0.2, 0) is 0 Å². The largest absolute Gasteiger partial charge is 0.508 e. The first-order valence-electron chi connectivity index (χ1n) is 9.82. The number of rotatable bonds is 9. The molecule has 1 heterocycles. The number of nitrogens with zero attached hydrogens (tertiary/aromatic N) is 2. The van der Waals surface area contributed by atoms with Crippen LogP contribution in [0.1, 0.15) is 19.4 Å². The van der Waals surface area contributed by atoms with Crippen LogP contribution in [0.4, 0.5) is 15.9 Å². The molecule has 8 heteroatoms. The molecule has 0 atom stereocenters. The van der Waals surface area contributed by atoms with Crippen molar-refractivity contribution >= 4 is 22.4 Å². The lowest BCUT2D eigenvalue weighted by Gasteiger charge is -2.15. The Morgan fingerprint density at radius 1 is 1.17 bits per heavy atom. The van der Waals surface area contributed by atoms with Crippen molar-refractivity contribution in [2.75, 3.05) is 32.1 Å². The van der Waals surface area contributed by atoms with E-state index in [1.165, 1.54) is 18.5 Å². The summed E-state index contributed by atoms with van der Waals surface area (Å²) in [5.74, 6) is 1.58. The number of phenolic OH excluding ortho intramolecular Hbond substituents is 1. The quantitative estimate of drug-likeness (QED) is 0.453. The average molecular weight is 414 g/mol. The Labute approximate surface area is 175 Å². The summed E-state index contributed by atoms with van der Waals surface area (Å²) < 4.78 is 25.7. The molecule has 0 saturated carbocycles. The van der Waals surface area contributed by atoms with Crippen molar-refractivity contribution in [2.45, 2.75) is 20.8 Å². The molecule has 3 N–H and O–H groups in total. The Hall–Kier alpha value is -3.13. The molecular weight excluding hydrogens is 387 g/mol. The molecule has 0 radical (unpaired) electrons. The minimum Gasteiger partial charge on any atom is -0.508 e. The minimum absolute atomic E-state index is 0.00314. The lowest BCUT2D eigenvalue weighted by atomic mass is 10.1. The van der Waals surface area contributed by atoms with E-state index in [0.717, 1.165) is 6.54 Å². The van der Waals surface area contributed by atoms with Gasteiger partial charge in [0.2, 0.25) is 0 Å². The second kappa shape index (κ2) is 9.58. The third-order valence-corrected chi connectivity index (χ3v) is 4.64. The van der Waals surface area contributed by atoms with Crippen LogP contribution in [0.15, 0.2) is 30.6 Å². The van der Waals surface area contributed by atoms with Gasteiger partial charge >= 0.3 is 0 Å². The van der Waals surface area contributed by atoms with Gasteiger partial charge in [0.25, 0.3) is 0 Å². The highest BCUT2D eigenvalue weighted by Crippen LogP contribution is 2.36. The first-order valence-corrected chi connectivity index (χ1v) is 9.82. The summed E-state index contributed by atoms with van der Waals surface area (Å²) in [6, 6.07) is 6.05. The van der Waals surface area contributed by atoms with Crippen LogP contribution in [0, 0.1) is 18.7 Å². The molecule has 3 rings (SSSR count). The molecule has 160 valence electrons. The number of anilines is 2. The molecule has 0 aliphatic rings. The summed E-state index contributed by atoms with van der Waals surface area (Å²) in [6.07, 6.45) is 1.39. The fourth-order valence-electron chi connectivity index (χ4n) is 3.00. The third-order valence-electron chi connectivity index (χ3n) is 4.64. The number of hydrogen-bond acceptors (Lipinski definition) is 7. The monoisotopic (exact) mass is 414 g/mol. The van der Waals surface area contributed by atoms with E-state index in [-0.39, 0.29) is 11.4 Å². The topological polar surface area (TPSA) is 88.5 Å². The molecule has 0 fully saturated rings. The normalized spacial score (nSPS) is 11.1. The van der Waals surface area contributed by atoms with Crippen LogP contribution >= 0.6 is 0 Å². The summed E-state index contributed by atoms with van der Waals surface area (Å²) in [7, 11) is 1.56. The van der Waals surface area contributed by atoms with Crippen LogP contribution in [0.5, 0.6) is 17.2 Å². The zero-order valence-electron chi connectivity index (χ0n) is 17.6. The predicted octanol–water partition coefficient (Wildman–Crippen LogP) is 4.16. The van der Waals surface area contributed by atoms with E-state index in [1.807, 2.05) is 0 Å². The van der Waals surface area contributed by atoms with Crippen LogP contribution < -0.4 is 20.1 Å². The van der Waals surface area contributed by atoms with Crippen molar-refractivity contribution in [3.8, 4) is 17.2 Å². The van der Waals surface area contributed by atoms with Gasteiger partial charge in [0.05, 0.1) is 18.3 Å². The molecule has 2 aromatic carbocycles. The first kappa shape index (κ1) is 21.6. The highest BCUT2D eigenvalue weighted by Gasteiger charge is 2.15. The summed E-state index contributed by atoms with van der Waals surface area (Å²) in [5, 5.41) is 16.8. The van der Waals surface area contributed by atoms with Crippen molar-refractivity contribution in [1.82, 2.24) is 15.3 Å². The summed E-state index contributed by atoms with van der Waals surface area (Å²) in [4.78, 5) is 8.55. The standard InChI is InChI=1S/C22H27FN4O3/c1-13(2)11-24-7-8-30-20-10-17-15(9-19(20)29-4)22(26-12-25-17)27-21-14(3)18(28)6-5-16(21)23/h5-6,9-10,12-13,24,28H,7-8,11H2,1-4H3,(H,25,26,27). The zero-order chi connectivity index (χ0) is 21.7. The van der Waals surface area contributed by atoms with E-state index in [2.05, 4.69) is 34.4 Å². The van der Waals surface area contributed by atoms with Crippen LogP contribution in [0.2, 0.25) is 0 Å². The highest BCUT2D eigenvalue weighted by molar-refractivity contribution is 5.93. The smallest absolute Gasteiger partial charge is 0.163 e. The van der Waals surface area contributed by atoms with Gasteiger partial charge in [0.1, 0.15) is 30.3 Å². The van der Waals surface area contributed by atoms with Gasteiger partial charge < -0.3 is 25.2 Å². The Morgan fingerprint density at radius 2 is 1.97 bits per heavy atom. The number of nitrogens with one attached hydrogen (secondary N) is 2. The molecule has 1 aromatic heterocycles. The number of ether oxygens (including phenoxy) is 2. The molecule has 3 aromatic rings. The number of aromatic nitrogens is 2. The lowest BCUT2D eigenvalue weighted by Crippen LogP contribution is -2.25. The van der Waals surface area contributed by atoms with Crippen molar-refractivity contribution in [3.05, 3.63) is 42.0 Å². The van der Waals surface area contributed by atoms with Gasteiger partial charge in [-0.25, -0.2) is 14.4 Å². The molecule has 0 spiro atoms. The van der Waals surface area contributed by atoms with E-state index in [0.29, 0.717) is 52.9 Å². The number of phenols is 1. The number of aromatic hydroxyl groups is 1.